The maximum Gasteiger partial charge on any atom is 0.337 e. The lowest BCUT2D eigenvalue weighted by molar-refractivity contribution is -0.119. The summed E-state index contributed by atoms with van der Waals surface area (Å²) in [5.41, 5.74) is 5.09. The lowest BCUT2D eigenvalue weighted by Gasteiger charge is -2.35. The van der Waals surface area contributed by atoms with E-state index in [-0.39, 0.29) is 24.0 Å². The highest BCUT2D eigenvalue weighted by molar-refractivity contribution is 6.06. The molecule has 5 rings (SSSR count). The Morgan fingerprint density at radius 2 is 1.61 bits per heavy atom. The Kier molecular flexibility index (Phi) is 7.01. The van der Waals surface area contributed by atoms with Gasteiger partial charge in [0.15, 0.2) is 5.78 Å². The van der Waals surface area contributed by atoms with Crippen molar-refractivity contribution < 1.29 is 23.9 Å². The molecule has 38 heavy (non-hydrogen) atoms. The van der Waals surface area contributed by atoms with Gasteiger partial charge in [-0.15, -0.1) is 0 Å². The summed E-state index contributed by atoms with van der Waals surface area (Å²) in [4.78, 5) is 41.2. The third-order valence-electron chi connectivity index (χ3n) is 7.29. The van der Waals surface area contributed by atoms with Crippen molar-refractivity contribution in [2.75, 3.05) is 24.4 Å². The second-order valence-electron chi connectivity index (χ2n) is 9.47. The highest BCUT2D eigenvalue weighted by atomic mass is 16.5. The van der Waals surface area contributed by atoms with Crippen LogP contribution in [0, 0.1) is 0 Å². The number of carbonyl (C=O) groups excluding carboxylic acids is 3. The number of para-hydroxylation sites is 2. The van der Waals surface area contributed by atoms with Crippen molar-refractivity contribution in [3.63, 3.8) is 0 Å². The molecule has 0 aromatic heterocycles. The third-order valence-corrected chi connectivity index (χ3v) is 7.29. The van der Waals surface area contributed by atoms with Crippen molar-refractivity contribution in [3.8, 4) is 5.75 Å². The van der Waals surface area contributed by atoms with E-state index in [0.717, 1.165) is 28.3 Å². The second kappa shape index (κ2) is 10.5. The van der Waals surface area contributed by atoms with Gasteiger partial charge in [0, 0.05) is 24.1 Å². The van der Waals surface area contributed by atoms with Gasteiger partial charge in [-0.05, 0) is 59.9 Å². The summed E-state index contributed by atoms with van der Waals surface area (Å²) in [6, 6.07) is 21.8. The highest BCUT2D eigenvalue weighted by Crippen LogP contribution is 2.47. The van der Waals surface area contributed by atoms with Gasteiger partial charge >= 0.3 is 5.97 Å². The second-order valence-corrected chi connectivity index (χ2v) is 9.47. The maximum absolute atomic E-state index is 14.0. The number of rotatable bonds is 5. The molecule has 0 bridgehead atoms. The number of Topliss-reactive ketones (excluding diaryl/α,β-unsaturated/α-hetero) is 1. The molecule has 1 aliphatic heterocycles. The van der Waals surface area contributed by atoms with Crippen LogP contribution in [-0.2, 0) is 14.3 Å². The number of amides is 1. The van der Waals surface area contributed by atoms with Crippen molar-refractivity contribution in [2.24, 2.45) is 0 Å². The first kappa shape index (κ1) is 25.3. The molecule has 3 aromatic carbocycles. The van der Waals surface area contributed by atoms with Crippen LogP contribution in [0.5, 0.6) is 5.75 Å². The molecule has 0 fully saturated rings. The Balaban J connectivity index is 1.66. The molecule has 1 amide bonds. The average molecular weight is 511 g/mol. The smallest absolute Gasteiger partial charge is 0.337 e. The first-order valence-electron chi connectivity index (χ1n) is 12.7. The normalized spacial score (nSPS) is 18.6. The fraction of sp³-hybridized carbons (Fsp3) is 0.258. The lowest BCUT2D eigenvalue weighted by atomic mass is 9.78. The van der Waals surface area contributed by atoms with Crippen LogP contribution in [0.3, 0.4) is 0 Å². The number of hydrogen-bond donors (Lipinski definition) is 1. The van der Waals surface area contributed by atoms with Crippen LogP contribution in [0.2, 0.25) is 0 Å². The van der Waals surface area contributed by atoms with Crippen molar-refractivity contribution in [3.05, 3.63) is 101 Å². The fourth-order valence-corrected chi connectivity index (χ4v) is 5.38. The summed E-state index contributed by atoms with van der Waals surface area (Å²) in [6.07, 6.45) is 1.22. The summed E-state index contributed by atoms with van der Waals surface area (Å²) >= 11 is 0. The molecular formula is C31H30N2O5. The summed E-state index contributed by atoms with van der Waals surface area (Å²) < 4.78 is 10.2. The fourth-order valence-electron chi connectivity index (χ4n) is 5.38. The average Bonchev–Trinajstić information content (AvgIpc) is 3.11. The van der Waals surface area contributed by atoms with Crippen molar-refractivity contribution >= 4 is 29.0 Å². The topological polar surface area (TPSA) is 84.9 Å². The van der Waals surface area contributed by atoms with Gasteiger partial charge in [0.05, 0.1) is 37.2 Å². The number of nitrogens with one attached hydrogen (secondary N) is 1. The molecule has 2 aliphatic rings. The van der Waals surface area contributed by atoms with Crippen LogP contribution in [-0.4, -0.2) is 31.9 Å². The lowest BCUT2D eigenvalue weighted by Crippen LogP contribution is -2.38. The molecule has 7 heteroatoms. The number of esters is 1. The molecular weight excluding hydrogens is 480 g/mol. The van der Waals surface area contributed by atoms with Gasteiger partial charge in [-0.3, -0.25) is 14.5 Å². The number of nitrogens with zero attached hydrogens (tertiary/aromatic N) is 1. The van der Waals surface area contributed by atoms with E-state index in [9.17, 15) is 14.4 Å². The molecule has 1 heterocycles. The van der Waals surface area contributed by atoms with Crippen LogP contribution < -0.4 is 15.0 Å². The van der Waals surface area contributed by atoms with E-state index in [1.54, 1.807) is 36.3 Å². The summed E-state index contributed by atoms with van der Waals surface area (Å²) in [7, 11) is 2.97. The van der Waals surface area contributed by atoms with Gasteiger partial charge in [-0.1, -0.05) is 43.3 Å². The van der Waals surface area contributed by atoms with Gasteiger partial charge in [0.2, 0.25) is 5.91 Å². The van der Waals surface area contributed by atoms with Crippen LogP contribution >= 0.6 is 0 Å². The van der Waals surface area contributed by atoms with E-state index in [1.165, 1.54) is 7.11 Å². The summed E-state index contributed by atoms with van der Waals surface area (Å²) in [5.74, 6) is 0.203. The number of benzene rings is 3. The van der Waals surface area contributed by atoms with Crippen molar-refractivity contribution in [1.29, 1.82) is 0 Å². The number of anilines is 2. The number of carbonyl (C=O) groups is 3. The zero-order chi connectivity index (χ0) is 26.8. The Morgan fingerprint density at radius 1 is 0.921 bits per heavy atom. The molecule has 1 N–H and O–H groups in total. The number of allylic oxidation sites excluding steroid dienone is 1. The van der Waals surface area contributed by atoms with Gasteiger partial charge in [-0.2, -0.15) is 0 Å². The molecule has 0 saturated carbocycles. The van der Waals surface area contributed by atoms with E-state index in [4.69, 9.17) is 9.47 Å². The van der Waals surface area contributed by atoms with Crippen LogP contribution in [0.15, 0.2) is 84.1 Å². The predicted molar refractivity (Wildman–Crippen MR) is 145 cm³/mol. The van der Waals surface area contributed by atoms with Gasteiger partial charge in [-0.25, -0.2) is 4.79 Å². The summed E-state index contributed by atoms with van der Waals surface area (Å²) in [6.45, 7) is 1.82. The summed E-state index contributed by atoms with van der Waals surface area (Å²) in [5, 5.41) is 3.53. The van der Waals surface area contributed by atoms with Gasteiger partial charge < -0.3 is 14.8 Å². The van der Waals surface area contributed by atoms with Crippen LogP contribution in [0.1, 0.15) is 59.6 Å². The maximum atomic E-state index is 14.0. The molecule has 0 unspecified atom stereocenters. The largest absolute Gasteiger partial charge is 0.497 e. The highest BCUT2D eigenvalue weighted by Gasteiger charge is 2.41. The zero-order valence-corrected chi connectivity index (χ0v) is 21.7. The SMILES string of the molecule is CCC(=O)N1c2ccccc2NC2=C(C(=O)C[C@H](c3ccc(OC)cc3)C2)[C@H]1c1ccc(C(=O)OC)cc1. The molecule has 3 aromatic rings. The van der Waals surface area contributed by atoms with Crippen molar-refractivity contribution in [1.82, 2.24) is 0 Å². The Bertz CT molecular complexity index is 1410. The Hall–Kier alpha value is -4.39. The predicted octanol–water partition coefficient (Wildman–Crippen LogP) is 5.79. The monoisotopic (exact) mass is 510 g/mol. The van der Waals surface area contributed by atoms with E-state index in [0.29, 0.717) is 29.7 Å². The van der Waals surface area contributed by atoms with Gasteiger partial charge in [0.1, 0.15) is 5.75 Å². The molecule has 7 nitrogen and oxygen atoms in total. The van der Waals surface area contributed by atoms with Gasteiger partial charge in [0.25, 0.3) is 0 Å². The van der Waals surface area contributed by atoms with Crippen LogP contribution in [0.25, 0.3) is 0 Å². The molecule has 2 atom stereocenters. The minimum Gasteiger partial charge on any atom is -0.497 e. The number of ether oxygens (including phenoxy) is 2. The number of methoxy groups -OCH3 is 2. The van der Waals surface area contributed by atoms with E-state index in [2.05, 4.69) is 5.32 Å². The molecule has 0 saturated heterocycles. The molecule has 194 valence electrons. The Morgan fingerprint density at radius 3 is 2.26 bits per heavy atom. The molecule has 1 aliphatic carbocycles. The third kappa shape index (κ3) is 4.56. The molecule has 0 radical (unpaired) electrons. The van der Waals surface area contributed by atoms with E-state index >= 15 is 0 Å². The van der Waals surface area contributed by atoms with Crippen molar-refractivity contribution in [2.45, 2.75) is 38.1 Å². The number of hydrogen-bond acceptors (Lipinski definition) is 6. The number of ketones is 1. The van der Waals surface area contributed by atoms with E-state index in [1.807, 2.05) is 55.5 Å². The minimum atomic E-state index is -0.635. The first-order valence-corrected chi connectivity index (χ1v) is 12.7. The first-order chi connectivity index (χ1) is 18.4. The van der Waals surface area contributed by atoms with E-state index < -0.39 is 12.0 Å². The Labute approximate surface area is 222 Å². The minimum absolute atomic E-state index is 0.0108. The standard InChI is InChI=1S/C31H30N2O5/c1-4-28(35)33-26-8-6-5-7-24(26)32-25-17-22(19-13-15-23(37-2)16-14-19)18-27(34)29(25)30(33)20-9-11-21(12-10-20)31(36)38-3/h5-16,22,30,32H,4,17-18H2,1-3H3/t22-,30-/m1/s1. The van der Waals surface area contributed by atoms with Crippen LogP contribution in [0.4, 0.5) is 11.4 Å². The molecule has 0 spiro atoms. The quantitative estimate of drug-likeness (QED) is 0.437. The number of fused-ring (bicyclic) bond motifs is 1. The zero-order valence-electron chi connectivity index (χ0n) is 21.7.